The van der Waals surface area contributed by atoms with Crippen LogP contribution in [0.3, 0.4) is 0 Å². The molecule has 0 spiro atoms. The van der Waals surface area contributed by atoms with E-state index in [1.807, 2.05) is 4.90 Å². The molecule has 0 radical (unpaired) electrons. The zero-order chi connectivity index (χ0) is 20.8. The Bertz CT molecular complexity index is 1090. The van der Waals surface area contributed by atoms with Crippen LogP contribution in [0.15, 0.2) is 41.3 Å². The fourth-order valence-electron chi connectivity index (χ4n) is 3.49. The molecule has 0 unspecified atom stereocenters. The summed E-state index contributed by atoms with van der Waals surface area (Å²) >= 11 is 6.07. The minimum absolute atomic E-state index is 0.0355. The van der Waals surface area contributed by atoms with Gasteiger partial charge in [-0.3, -0.25) is 19.8 Å². The molecule has 152 valence electrons. The van der Waals surface area contributed by atoms with Crippen LogP contribution in [-0.2, 0) is 16.6 Å². The summed E-state index contributed by atoms with van der Waals surface area (Å²) in [6.07, 6.45) is 0. The third-order valence-corrected chi connectivity index (χ3v) is 7.37. The number of nitrogens with zero attached hydrogens (tertiary/aromatic N) is 2. The van der Waals surface area contributed by atoms with Gasteiger partial charge in [-0.1, -0.05) is 17.7 Å². The Labute approximate surface area is 172 Å². The number of amides is 2. The van der Waals surface area contributed by atoms with Crippen molar-refractivity contribution >= 4 is 33.4 Å². The topological polar surface area (TPSA) is 86.8 Å². The van der Waals surface area contributed by atoms with Gasteiger partial charge in [0.05, 0.1) is 16.0 Å². The van der Waals surface area contributed by atoms with E-state index in [1.165, 1.54) is 34.6 Å². The van der Waals surface area contributed by atoms with Crippen LogP contribution in [0, 0.1) is 5.82 Å². The van der Waals surface area contributed by atoms with Gasteiger partial charge in [0.1, 0.15) is 5.82 Å². The van der Waals surface area contributed by atoms with Crippen molar-refractivity contribution in [2.45, 2.75) is 11.4 Å². The van der Waals surface area contributed by atoms with Gasteiger partial charge in [-0.2, -0.15) is 4.31 Å². The Morgan fingerprint density at radius 1 is 1.00 bits per heavy atom. The highest BCUT2D eigenvalue weighted by molar-refractivity contribution is 7.89. The van der Waals surface area contributed by atoms with Gasteiger partial charge >= 0.3 is 0 Å². The van der Waals surface area contributed by atoms with Crippen molar-refractivity contribution in [1.82, 2.24) is 14.5 Å². The second-order valence-electron chi connectivity index (χ2n) is 6.87. The van der Waals surface area contributed by atoms with Crippen LogP contribution in [-0.4, -0.2) is 55.6 Å². The van der Waals surface area contributed by atoms with Crippen LogP contribution in [0.4, 0.5) is 4.39 Å². The Morgan fingerprint density at radius 3 is 2.38 bits per heavy atom. The number of benzene rings is 2. The van der Waals surface area contributed by atoms with Crippen molar-refractivity contribution in [2.24, 2.45) is 0 Å². The summed E-state index contributed by atoms with van der Waals surface area (Å²) in [6.45, 7) is 1.55. The third-order valence-electron chi connectivity index (χ3n) is 5.12. The summed E-state index contributed by atoms with van der Waals surface area (Å²) in [5.41, 5.74) is 0.615. The lowest BCUT2D eigenvalue weighted by Gasteiger charge is -2.34. The number of hydrogen-bond acceptors (Lipinski definition) is 5. The molecule has 0 aromatic heterocycles. The molecule has 7 nitrogen and oxygen atoms in total. The molecule has 2 heterocycles. The molecule has 0 atom stereocenters. The number of carbonyl (C=O) groups excluding carboxylic acids is 2. The quantitative estimate of drug-likeness (QED) is 0.738. The molecule has 10 heteroatoms. The van der Waals surface area contributed by atoms with Crippen molar-refractivity contribution in [3.05, 3.63) is 63.9 Å². The van der Waals surface area contributed by atoms with Gasteiger partial charge < -0.3 is 0 Å². The summed E-state index contributed by atoms with van der Waals surface area (Å²) in [7, 11) is -3.82. The second-order valence-corrected chi connectivity index (χ2v) is 9.22. The lowest BCUT2D eigenvalue weighted by Crippen LogP contribution is -2.48. The Hall–Kier alpha value is -2.33. The van der Waals surface area contributed by atoms with Crippen molar-refractivity contribution in [3.8, 4) is 0 Å². The maximum atomic E-state index is 14.0. The lowest BCUT2D eigenvalue weighted by atomic mass is 10.1. The minimum atomic E-state index is -3.82. The zero-order valence-electron chi connectivity index (χ0n) is 15.2. The van der Waals surface area contributed by atoms with E-state index in [0.29, 0.717) is 30.2 Å². The highest BCUT2D eigenvalue weighted by Crippen LogP contribution is 2.25. The van der Waals surface area contributed by atoms with E-state index in [9.17, 15) is 22.4 Å². The third kappa shape index (κ3) is 3.66. The van der Waals surface area contributed by atoms with E-state index in [4.69, 9.17) is 11.6 Å². The number of piperazine rings is 1. The molecule has 29 heavy (non-hydrogen) atoms. The molecule has 2 aromatic carbocycles. The predicted molar refractivity (Wildman–Crippen MR) is 104 cm³/mol. The van der Waals surface area contributed by atoms with Crippen molar-refractivity contribution in [2.75, 3.05) is 26.2 Å². The van der Waals surface area contributed by atoms with Crippen LogP contribution in [0.1, 0.15) is 26.3 Å². The number of rotatable bonds is 4. The van der Waals surface area contributed by atoms with Gasteiger partial charge in [-0.25, -0.2) is 12.8 Å². The monoisotopic (exact) mass is 437 g/mol. The van der Waals surface area contributed by atoms with Crippen LogP contribution >= 0.6 is 11.6 Å². The first-order valence-electron chi connectivity index (χ1n) is 8.92. The van der Waals surface area contributed by atoms with E-state index < -0.39 is 27.7 Å². The average Bonchev–Trinajstić information content (AvgIpc) is 2.99. The molecular formula is C19H17ClFN3O4S. The maximum Gasteiger partial charge on any atom is 0.258 e. The first-order valence-corrected chi connectivity index (χ1v) is 10.7. The summed E-state index contributed by atoms with van der Waals surface area (Å²) in [4.78, 5) is 25.4. The van der Waals surface area contributed by atoms with Crippen molar-refractivity contribution < 1.29 is 22.4 Å². The van der Waals surface area contributed by atoms with Crippen LogP contribution in [0.5, 0.6) is 0 Å². The zero-order valence-corrected chi connectivity index (χ0v) is 16.8. The van der Waals surface area contributed by atoms with E-state index in [1.54, 1.807) is 6.07 Å². The molecule has 4 rings (SSSR count). The van der Waals surface area contributed by atoms with Gasteiger partial charge in [-0.05, 0) is 30.3 Å². The van der Waals surface area contributed by atoms with Crippen molar-refractivity contribution in [1.29, 1.82) is 0 Å². The summed E-state index contributed by atoms with van der Waals surface area (Å²) in [5, 5.41) is 2.48. The second kappa shape index (κ2) is 7.49. The largest absolute Gasteiger partial charge is 0.296 e. The number of nitrogens with one attached hydrogen (secondary N) is 1. The summed E-state index contributed by atoms with van der Waals surface area (Å²) in [6, 6.07) is 8.41. The van der Waals surface area contributed by atoms with Gasteiger partial charge in [0.15, 0.2) is 0 Å². The SMILES string of the molecule is O=C1NC(=O)c2cc(S(=O)(=O)N3CCN(Cc4c(F)cccc4Cl)CC3)ccc21. The van der Waals surface area contributed by atoms with E-state index >= 15 is 0 Å². The van der Waals surface area contributed by atoms with Gasteiger partial charge in [0.25, 0.3) is 11.8 Å². The summed E-state index contributed by atoms with van der Waals surface area (Å²) in [5.74, 6) is -1.53. The molecule has 1 saturated heterocycles. The van der Waals surface area contributed by atoms with Gasteiger partial charge in [0, 0.05) is 43.3 Å². The Balaban J connectivity index is 1.48. The highest BCUT2D eigenvalue weighted by atomic mass is 35.5. The fourth-order valence-corrected chi connectivity index (χ4v) is 5.16. The lowest BCUT2D eigenvalue weighted by molar-refractivity contribution is 0.0879. The summed E-state index contributed by atoms with van der Waals surface area (Å²) < 4.78 is 41.2. The molecule has 1 N–H and O–H groups in total. The predicted octanol–water partition coefficient (Wildman–Crippen LogP) is 1.87. The number of halogens is 2. The molecule has 0 aliphatic carbocycles. The normalized spacial score (nSPS) is 18.0. The first kappa shape index (κ1) is 20.0. The molecular weight excluding hydrogens is 421 g/mol. The number of fused-ring (bicyclic) bond motifs is 1. The number of hydrogen-bond donors (Lipinski definition) is 1. The molecule has 2 aliphatic heterocycles. The minimum Gasteiger partial charge on any atom is -0.296 e. The molecule has 0 bridgehead atoms. The van der Waals surface area contributed by atoms with Crippen molar-refractivity contribution in [3.63, 3.8) is 0 Å². The van der Waals surface area contributed by atoms with Crippen LogP contribution in [0.25, 0.3) is 0 Å². The molecule has 2 aromatic rings. The number of sulfonamides is 1. The smallest absolute Gasteiger partial charge is 0.258 e. The molecule has 2 aliphatic rings. The van der Waals surface area contributed by atoms with E-state index in [2.05, 4.69) is 5.32 Å². The van der Waals surface area contributed by atoms with Gasteiger partial charge in [0.2, 0.25) is 10.0 Å². The van der Waals surface area contributed by atoms with E-state index in [-0.39, 0.29) is 29.1 Å². The maximum absolute atomic E-state index is 14.0. The molecule has 0 saturated carbocycles. The van der Waals surface area contributed by atoms with Crippen LogP contribution < -0.4 is 5.32 Å². The number of imide groups is 1. The fraction of sp³-hybridized carbons (Fsp3) is 0.263. The highest BCUT2D eigenvalue weighted by Gasteiger charge is 2.32. The first-order chi connectivity index (χ1) is 13.8. The number of carbonyl (C=O) groups is 2. The van der Waals surface area contributed by atoms with E-state index in [0.717, 1.165) is 0 Å². The average molecular weight is 438 g/mol. The van der Waals surface area contributed by atoms with Crippen LogP contribution in [0.2, 0.25) is 5.02 Å². The standard InChI is InChI=1S/C19H17ClFN3O4S/c20-16-2-1-3-17(21)15(16)11-23-6-8-24(9-7-23)29(27,28)12-4-5-13-14(10-12)19(26)22-18(13)25/h1-5,10H,6-9,11H2,(H,22,25,26). The van der Waals surface area contributed by atoms with Gasteiger partial charge in [-0.15, -0.1) is 0 Å². The Kier molecular flexibility index (Phi) is 5.16. The molecule has 1 fully saturated rings. The molecule has 2 amide bonds. The Morgan fingerprint density at radius 2 is 1.69 bits per heavy atom.